The summed E-state index contributed by atoms with van der Waals surface area (Å²) >= 11 is 4.88. The molecule has 0 aliphatic rings. The van der Waals surface area contributed by atoms with Gasteiger partial charge in [-0.2, -0.15) is 0 Å². The van der Waals surface area contributed by atoms with E-state index in [-0.39, 0.29) is 12.4 Å². The normalized spacial score (nSPS) is 10.2. The molecule has 0 atom stereocenters. The van der Waals surface area contributed by atoms with Crippen molar-refractivity contribution < 1.29 is 13.5 Å². The highest BCUT2D eigenvalue weighted by Crippen LogP contribution is 2.17. The van der Waals surface area contributed by atoms with E-state index in [1.807, 2.05) is 6.07 Å². The number of thiocarbonyl (C=S) groups is 1. The highest BCUT2D eigenvalue weighted by molar-refractivity contribution is 7.80. The van der Waals surface area contributed by atoms with Crippen LogP contribution in [0.1, 0.15) is 11.1 Å². The molecule has 2 nitrogen and oxygen atoms in total. The average molecular weight is 279 g/mol. The van der Waals surface area contributed by atoms with Gasteiger partial charge in [-0.3, -0.25) is 0 Å². The zero-order chi connectivity index (χ0) is 13.8. The molecular formula is C14H11F2NOS. The van der Waals surface area contributed by atoms with Crippen LogP contribution in [0.4, 0.5) is 8.78 Å². The van der Waals surface area contributed by atoms with Crippen molar-refractivity contribution in [1.82, 2.24) is 0 Å². The van der Waals surface area contributed by atoms with Crippen LogP contribution in [0.25, 0.3) is 0 Å². The van der Waals surface area contributed by atoms with Crippen molar-refractivity contribution in [3.8, 4) is 5.75 Å². The molecule has 2 aromatic rings. The summed E-state index contributed by atoms with van der Waals surface area (Å²) in [7, 11) is 0. The lowest BCUT2D eigenvalue weighted by Crippen LogP contribution is -2.09. The second-order valence-electron chi connectivity index (χ2n) is 3.93. The highest BCUT2D eigenvalue weighted by atomic mass is 32.1. The zero-order valence-electron chi connectivity index (χ0n) is 9.90. The summed E-state index contributed by atoms with van der Waals surface area (Å²) in [6.07, 6.45) is 0. The van der Waals surface area contributed by atoms with Gasteiger partial charge in [-0.1, -0.05) is 30.4 Å². The molecule has 98 valence electrons. The fourth-order valence-corrected chi connectivity index (χ4v) is 1.67. The van der Waals surface area contributed by atoms with Crippen LogP contribution in [0.5, 0.6) is 5.75 Å². The molecule has 0 spiro atoms. The van der Waals surface area contributed by atoms with Gasteiger partial charge in [0.25, 0.3) is 0 Å². The Balaban J connectivity index is 2.07. The molecule has 2 aromatic carbocycles. The van der Waals surface area contributed by atoms with Gasteiger partial charge in [-0.15, -0.1) is 0 Å². The number of rotatable bonds is 4. The van der Waals surface area contributed by atoms with Crippen LogP contribution >= 0.6 is 12.2 Å². The summed E-state index contributed by atoms with van der Waals surface area (Å²) in [6.45, 7) is 0.224. The second kappa shape index (κ2) is 5.75. The van der Waals surface area contributed by atoms with Crippen molar-refractivity contribution in [2.45, 2.75) is 6.61 Å². The maximum absolute atomic E-state index is 13.0. The number of ether oxygens (including phenoxy) is 1. The van der Waals surface area contributed by atoms with Gasteiger partial charge in [-0.25, -0.2) is 8.78 Å². The van der Waals surface area contributed by atoms with E-state index in [1.165, 1.54) is 6.07 Å². The van der Waals surface area contributed by atoms with Gasteiger partial charge in [0, 0.05) is 11.6 Å². The Morgan fingerprint density at radius 2 is 1.89 bits per heavy atom. The van der Waals surface area contributed by atoms with Crippen LogP contribution in [-0.4, -0.2) is 4.99 Å². The third-order valence-corrected chi connectivity index (χ3v) is 2.74. The van der Waals surface area contributed by atoms with Crippen LogP contribution in [0.3, 0.4) is 0 Å². The van der Waals surface area contributed by atoms with Gasteiger partial charge >= 0.3 is 0 Å². The number of halogens is 2. The van der Waals surface area contributed by atoms with E-state index in [4.69, 9.17) is 22.7 Å². The summed E-state index contributed by atoms with van der Waals surface area (Å²) in [4.78, 5) is 0.301. The minimum Gasteiger partial charge on any atom is -0.489 e. The fraction of sp³-hybridized carbons (Fsp3) is 0.0714. The zero-order valence-corrected chi connectivity index (χ0v) is 10.7. The Hall–Kier alpha value is -2.01. The van der Waals surface area contributed by atoms with E-state index in [2.05, 4.69) is 0 Å². The predicted octanol–water partition coefficient (Wildman–Crippen LogP) is 3.18. The minimum atomic E-state index is -0.936. The minimum absolute atomic E-state index is 0.224. The first-order chi connectivity index (χ1) is 9.06. The average Bonchev–Trinajstić information content (AvgIpc) is 2.40. The maximum atomic E-state index is 13.0. The Morgan fingerprint density at radius 3 is 2.58 bits per heavy atom. The Kier molecular flexibility index (Phi) is 4.06. The first-order valence-corrected chi connectivity index (χ1v) is 5.93. The quantitative estimate of drug-likeness (QED) is 0.873. The van der Waals surface area contributed by atoms with Crippen LogP contribution in [-0.2, 0) is 6.61 Å². The number of hydrogen-bond acceptors (Lipinski definition) is 2. The smallest absolute Gasteiger partial charge is 0.162 e. The van der Waals surface area contributed by atoms with Crippen molar-refractivity contribution in [1.29, 1.82) is 0 Å². The van der Waals surface area contributed by atoms with Crippen molar-refractivity contribution in [3.05, 3.63) is 65.2 Å². The van der Waals surface area contributed by atoms with Crippen molar-refractivity contribution in [2.75, 3.05) is 0 Å². The van der Waals surface area contributed by atoms with E-state index >= 15 is 0 Å². The number of hydrogen-bond donors (Lipinski definition) is 1. The highest BCUT2D eigenvalue weighted by Gasteiger charge is 2.04. The molecule has 0 aliphatic carbocycles. The number of nitrogens with two attached hydrogens (primary N) is 1. The van der Waals surface area contributed by atoms with Crippen LogP contribution < -0.4 is 10.5 Å². The molecule has 0 radical (unpaired) electrons. The van der Waals surface area contributed by atoms with Crippen molar-refractivity contribution >= 4 is 17.2 Å². The van der Waals surface area contributed by atoms with E-state index in [9.17, 15) is 8.78 Å². The van der Waals surface area contributed by atoms with Crippen LogP contribution in [0.15, 0.2) is 42.5 Å². The van der Waals surface area contributed by atoms with Gasteiger partial charge < -0.3 is 10.5 Å². The van der Waals surface area contributed by atoms with Gasteiger partial charge in [0.2, 0.25) is 0 Å². The second-order valence-corrected chi connectivity index (χ2v) is 4.37. The van der Waals surface area contributed by atoms with Crippen molar-refractivity contribution in [3.63, 3.8) is 0 Å². The summed E-state index contributed by atoms with van der Waals surface area (Å²) in [5.74, 6) is -1.57. The Morgan fingerprint density at radius 1 is 1.11 bits per heavy atom. The lowest BCUT2D eigenvalue weighted by atomic mass is 10.1. The van der Waals surface area contributed by atoms with Crippen LogP contribution in [0.2, 0.25) is 0 Å². The monoisotopic (exact) mass is 279 g/mol. The molecule has 0 fully saturated rings. The lowest BCUT2D eigenvalue weighted by molar-refractivity contribution is 0.303. The first-order valence-electron chi connectivity index (χ1n) is 5.53. The van der Waals surface area contributed by atoms with Gasteiger partial charge in [0.1, 0.15) is 17.3 Å². The molecule has 2 N–H and O–H groups in total. The lowest BCUT2D eigenvalue weighted by Gasteiger charge is -2.07. The molecule has 19 heavy (non-hydrogen) atoms. The van der Waals surface area contributed by atoms with Crippen LogP contribution in [0, 0.1) is 11.6 Å². The Bertz CT molecular complexity index is 616. The standard InChI is InChI=1S/C14H11F2NOS/c15-12-5-4-11(7-13(12)16)18-8-9-2-1-3-10(6-9)14(17)19/h1-7H,8H2,(H2,17,19). The summed E-state index contributed by atoms with van der Waals surface area (Å²) in [5.41, 5.74) is 7.11. The van der Waals surface area contributed by atoms with Gasteiger partial charge in [0.05, 0.1) is 0 Å². The summed E-state index contributed by atoms with van der Waals surface area (Å²) < 4.78 is 31.1. The van der Waals surface area contributed by atoms with Gasteiger partial charge in [0.15, 0.2) is 11.6 Å². The molecule has 0 aliphatic heterocycles. The fourth-order valence-electron chi connectivity index (χ4n) is 1.55. The molecule has 0 heterocycles. The van der Waals surface area contributed by atoms with E-state index in [0.717, 1.165) is 23.3 Å². The van der Waals surface area contributed by atoms with E-state index in [0.29, 0.717) is 4.99 Å². The predicted molar refractivity (Wildman–Crippen MR) is 73.0 cm³/mol. The third-order valence-electron chi connectivity index (χ3n) is 2.51. The van der Waals surface area contributed by atoms with Crippen molar-refractivity contribution in [2.24, 2.45) is 5.73 Å². The summed E-state index contributed by atoms with van der Waals surface area (Å²) in [5, 5.41) is 0. The first kappa shape index (κ1) is 13.4. The molecule has 0 amide bonds. The molecule has 0 bridgehead atoms. The van der Waals surface area contributed by atoms with E-state index < -0.39 is 11.6 Å². The van der Waals surface area contributed by atoms with E-state index in [1.54, 1.807) is 18.2 Å². The Labute approximate surface area is 114 Å². The number of benzene rings is 2. The maximum Gasteiger partial charge on any atom is 0.162 e. The molecule has 5 heteroatoms. The molecule has 0 saturated heterocycles. The molecule has 2 rings (SSSR count). The molecule has 0 unspecified atom stereocenters. The SMILES string of the molecule is NC(=S)c1cccc(COc2ccc(F)c(F)c2)c1. The molecule has 0 aromatic heterocycles. The topological polar surface area (TPSA) is 35.2 Å². The van der Waals surface area contributed by atoms with Gasteiger partial charge in [-0.05, 0) is 23.8 Å². The summed E-state index contributed by atoms with van der Waals surface area (Å²) in [6, 6.07) is 10.6. The largest absolute Gasteiger partial charge is 0.489 e. The third kappa shape index (κ3) is 3.48. The molecular weight excluding hydrogens is 268 g/mol. The molecule has 0 saturated carbocycles.